The Bertz CT molecular complexity index is 1690. The number of nitrogens with zero attached hydrogens (tertiary/aromatic N) is 3. The number of amides is 2. The lowest BCUT2D eigenvalue weighted by molar-refractivity contribution is -0.121. The summed E-state index contributed by atoms with van der Waals surface area (Å²) in [5, 5.41) is 7.51. The fourth-order valence-corrected chi connectivity index (χ4v) is 6.79. The number of hydrazine groups is 1. The predicted molar refractivity (Wildman–Crippen MR) is 202 cm³/mol. The minimum absolute atomic E-state index is 0.00316. The zero-order valence-corrected chi connectivity index (χ0v) is 30.4. The van der Waals surface area contributed by atoms with E-state index in [1.165, 1.54) is 27.3 Å². The number of aryl methyl sites for hydroxylation is 1. The second kappa shape index (κ2) is 18.8. The summed E-state index contributed by atoms with van der Waals surface area (Å²) in [5.41, 5.74) is 6.82. The van der Waals surface area contributed by atoms with E-state index in [2.05, 4.69) is 52.3 Å². The molecule has 0 spiro atoms. The van der Waals surface area contributed by atoms with E-state index in [0.717, 1.165) is 47.1 Å². The van der Waals surface area contributed by atoms with Gasteiger partial charge in [-0.05, 0) is 77.2 Å². The molecule has 10 heteroatoms. The topological polar surface area (TPSA) is 85.3 Å². The second-order valence-electron chi connectivity index (χ2n) is 12.6. The van der Waals surface area contributed by atoms with Gasteiger partial charge in [0.2, 0.25) is 5.91 Å². The smallest absolute Gasteiger partial charge is 0.424 e. The van der Waals surface area contributed by atoms with E-state index in [1.807, 2.05) is 55.4 Å². The Hall–Kier alpha value is -4.09. The minimum atomic E-state index is -0.415. The van der Waals surface area contributed by atoms with Gasteiger partial charge in [-0.1, -0.05) is 78.9 Å². The SMILES string of the molecule is CCOCCOCCCC(=S)CCCNC(=O)CCn1c(CN(C)N(C)C(=O)OCC2c3ccccc3-c3ccccc32)cc2ccccc21. The molecule has 0 fully saturated rings. The molecule has 0 radical (unpaired) electrons. The number of thiocarbonyl (C=S) groups is 1. The standard InChI is InChI=1S/C40H50N4O5S/c1-4-47-25-26-48-24-12-15-32(50)14-11-22-41-39(45)21-23-44-31(27-30-13-5-10-20-38(30)44)28-42(2)43(3)40(46)49-29-37-35-18-8-6-16-33(35)34-17-7-9-19-36(34)37/h5-10,13,16-20,27,37H,4,11-12,14-15,21-26,28-29H2,1-3H3,(H,41,45). The van der Waals surface area contributed by atoms with Crippen molar-refractivity contribution in [2.24, 2.45) is 0 Å². The maximum Gasteiger partial charge on any atom is 0.424 e. The average molecular weight is 699 g/mol. The summed E-state index contributed by atoms with van der Waals surface area (Å²) in [6.45, 7) is 6.44. The average Bonchev–Trinajstić information content (AvgIpc) is 3.65. The van der Waals surface area contributed by atoms with Gasteiger partial charge in [-0.15, -0.1) is 0 Å². The molecule has 5 rings (SSSR count). The molecular formula is C40H50N4O5S. The number of nitrogens with one attached hydrogen (secondary N) is 1. The van der Waals surface area contributed by atoms with Crippen molar-refractivity contribution in [1.82, 2.24) is 19.9 Å². The molecule has 1 aliphatic carbocycles. The molecule has 0 saturated carbocycles. The fraction of sp³-hybridized carbons (Fsp3) is 0.425. The van der Waals surface area contributed by atoms with Gasteiger partial charge in [0.1, 0.15) is 6.61 Å². The maximum atomic E-state index is 13.3. The molecule has 2 amide bonds. The highest BCUT2D eigenvalue weighted by Crippen LogP contribution is 2.44. The lowest BCUT2D eigenvalue weighted by atomic mass is 9.98. The van der Waals surface area contributed by atoms with Gasteiger partial charge in [-0.2, -0.15) is 0 Å². The van der Waals surface area contributed by atoms with Gasteiger partial charge in [0.15, 0.2) is 0 Å². The Labute approximate surface area is 301 Å². The van der Waals surface area contributed by atoms with Crippen molar-refractivity contribution in [1.29, 1.82) is 0 Å². The molecule has 266 valence electrons. The number of hydrogen-bond donors (Lipinski definition) is 1. The van der Waals surface area contributed by atoms with Crippen LogP contribution >= 0.6 is 12.2 Å². The van der Waals surface area contributed by atoms with Gasteiger partial charge in [0.25, 0.3) is 0 Å². The molecule has 1 heterocycles. The normalized spacial score (nSPS) is 12.2. The Morgan fingerprint density at radius 3 is 2.24 bits per heavy atom. The molecule has 0 atom stereocenters. The highest BCUT2D eigenvalue weighted by atomic mass is 32.1. The number of carbonyl (C=O) groups excluding carboxylic acids is 2. The van der Waals surface area contributed by atoms with E-state index in [9.17, 15) is 9.59 Å². The molecule has 1 aromatic heterocycles. The number of aromatic nitrogens is 1. The number of rotatable bonds is 20. The van der Waals surface area contributed by atoms with E-state index in [4.69, 9.17) is 26.4 Å². The van der Waals surface area contributed by atoms with Crippen LogP contribution in [0.4, 0.5) is 4.79 Å². The Morgan fingerprint density at radius 1 is 0.840 bits per heavy atom. The fourth-order valence-electron chi connectivity index (χ4n) is 6.51. The van der Waals surface area contributed by atoms with Gasteiger partial charge in [-0.3, -0.25) is 4.79 Å². The molecule has 0 aliphatic heterocycles. The zero-order valence-electron chi connectivity index (χ0n) is 29.6. The molecule has 50 heavy (non-hydrogen) atoms. The summed E-state index contributed by atoms with van der Waals surface area (Å²) < 4.78 is 18.9. The van der Waals surface area contributed by atoms with Crippen LogP contribution < -0.4 is 5.32 Å². The van der Waals surface area contributed by atoms with Crippen molar-refractivity contribution in [3.63, 3.8) is 0 Å². The van der Waals surface area contributed by atoms with Crippen LogP contribution in [-0.2, 0) is 32.1 Å². The van der Waals surface area contributed by atoms with Crippen molar-refractivity contribution < 1.29 is 23.8 Å². The monoisotopic (exact) mass is 698 g/mol. The third-order valence-corrected chi connectivity index (χ3v) is 9.65. The number of benzene rings is 3. The molecule has 0 unspecified atom stereocenters. The second-order valence-corrected chi connectivity index (χ2v) is 13.2. The van der Waals surface area contributed by atoms with Crippen LogP contribution in [0.1, 0.15) is 61.8 Å². The molecule has 0 bridgehead atoms. The van der Waals surface area contributed by atoms with Crippen molar-refractivity contribution in [3.05, 3.63) is 95.7 Å². The van der Waals surface area contributed by atoms with Crippen LogP contribution in [0.5, 0.6) is 0 Å². The first-order valence-corrected chi connectivity index (χ1v) is 18.1. The third-order valence-electron chi connectivity index (χ3n) is 9.24. The number of carbonyl (C=O) groups is 2. The molecule has 9 nitrogen and oxygen atoms in total. The highest BCUT2D eigenvalue weighted by molar-refractivity contribution is 7.80. The van der Waals surface area contributed by atoms with Crippen LogP contribution in [0.2, 0.25) is 0 Å². The van der Waals surface area contributed by atoms with Gasteiger partial charge < -0.3 is 24.1 Å². The van der Waals surface area contributed by atoms with Crippen LogP contribution in [0, 0.1) is 0 Å². The van der Waals surface area contributed by atoms with E-state index in [1.54, 1.807) is 7.05 Å². The number of para-hydroxylation sites is 1. The summed E-state index contributed by atoms with van der Waals surface area (Å²) in [4.78, 5) is 27.1. The third kappa shape index (κ3) is 9.78. The summed E-state index contributed by atoms with van der Waals surface area (Å²) in [6, 6.07) is 26.9. The quantitative estimate of drug-likeness (QED) is 0.0587. The van der Waals surface area contributed by atoms with E-state index in [-0.39, 0.29) is 18.4 Å². The highest BCUT2D eigenvalue weighted by Gasteiger charge is 2.30. The summed E-state index contributed by atoms with van der Waals surface area (Å²) in [6.07, 6.45) is 3.32. The molecule has 4 aromatic rings. The minimum Gasteiger partial charge on any atom is -0.447 e. The Balaban J connectivity index is 1.08. The van der Waals surface area contributed by atoms with Crippen molar-refractivity contribution >= 4 is 40.0 Å². The van der Waals surface area contributed by atoms with Crippen molar-refractivity contribution in [2.45, 2.75) is 58.0 Å². The summed E-state index contributed by atoms with van der Waals surface area (Å²) in [5.74, 6) is 0.00282. The molecule has 1 N–H and O–H groups in total. The summed E-state index contributed by atoms with van der Waals surface area (Å²) in [7, 11) is 3.60. The first-order chi connectivity index (χ1) is 24.4. The van der Waals surface area contributed by atoms with E-state index >= 15 is 0 Å². The van der Waals surface area contributed by atoms with Gasteiger partial charge >= 0.3 is 6.09 Å². The molecular weight excluding hydrogens is 649 g/mol. The lowest BCUT2D eigenvalue weighted by Crippen LogP contribution is -2.41. The zero-order chi connectivity index (χ0) is 35.3. The van der Waals surface area contributed by atoms with Gasteiger partial charge in [0.05, 0.1) is 19.8 Å². The van der Waals surface area contributed by atoms with Crippen LogP contribution in [-0.4, -0.2) is 85.1 Å². The molecule has 0 saturated heterocycles. The largest absolute Gasteiger partial charge is 0.447 e. The number of ether oxygens (including phenoxy) is 3. The lowest BCUT2D eigenvalue weighted by Gasteiger charge is -2.28. The Kier molecular flexibility index (Phi) is 14.0. The van der Waals surface area contributed by atoms with E-state index in [0.29, 0.717) is 52.5 Å². The first kappa shape index (κ1) is 37.2. The number of fused-ring (bicyclic) bond motifs is 4. The van der Waals surface area contributed by atoms with E-state index < -0.39 is 6.09 Å². The summed E-state index contributed by atoms with van der Waals surface area (Å²) >= 11 is 5.52. The molecule has 3 aromatic carbocycles. The first-order valence-electron chi connectivity index (χ1n) is 17.7. The van der Waals surface area contributed by atoms with Crippen molar-refractivity contribution in [2.75, 3.05) is 53.7 Å². The van der Waals surface area contributed by atoms with Crippen LogP contribution in [0.15, 0.2) is 78.9 Å². The van der Waals surface area contributed by atoms with Crippen molar-refractivity contribution in [3.8, 4) is 11.1 Å². The van der Waals surface area contributed by atoms with Crippen LogP contribution in [0.3, 0.4) is 0 Å². The maximum absolute atomic E-state index is 13.3. The van der Waals surface area contributed by atoms with Gasteiger partial charge in [-0.25, -0.2) is 14.8 Å². The van der Waals surface area contributed by atoms with Gasteiger partial charge in [0, 0.05) is 63.9 Å². The van der Waals surface area contributed by atoms with Crippen LogP contribution in [0.25, 0.3) is 22.0 Å². The Morgan fingerprint density at radius 2 is 1.50 bits per heavy atom. The molecule has 1 aliphatic rings. The number of hydrogen-bond acceptors (Lipinski definition) is 7. The predicted octanol–water partition coefficient (Wildman–Crippen LogP) is 7.36.